The van der Waals surface area contributed by atoms with Crippen LogP contribution < -0.4 is 10.6 Å². The molecule has 0 saturated carbocycles. The Bertz CT molecular complexity index is 1090. The third-order valence-corrected chi connectivity index (χ3v) is 5.21. The molecule has 0 aliphatic heterocycles. The minimum absolute atomic E-state index is 0.0162. The number of nitrogens with zero attached hydrogens (tertiary/aromatic N) is 1. The molecule has 0 spiro atoms. The minimum Gasteiger partial charge on any atom is -0.507 e. The standard InChI is InChI=1S/C24H25F2N3O4/c1-3-29(4-2)20(22-6-5-9-33-22)14-27-24(32)19-8-7-18(13-21(19)30)28-23(31)15-10-16(25)12-17(26)11-15/h5-13,20,30H,3-4,14H2,1-2H3,(H,27,32)(H,28,31). The summed E-state index contributed by atoms with van der Waals surface area (Å²) in [7, 11) is 0. The number of halogens is 2. The summed E-state index contributed by atoms with van der Waals surface area (Å²) in [4.78, 5) is 27.1. The largest absolute Gasteiger partial charge is 0.507 e. The maximum absolute atomic E-state index is 13.3. The van der Waals surface area contributed by atoms with E-state index < -0.39 is 23.4 Å². The van der Waals surface area contributed by atoms with E-state index in [4.69, 9.17) is 4.42 Å². The lowest BCUT2D eigenvalue weighted by atomic mass is 10.1. The third-order valence-electron chi connectivity index (χ3n) is 5.21. The molecule has 0 aliphatic rings. The van der Waals surface area contributed by atoms with Gasteiger partial charge in [-0.1, -0.05) is 13.8 Å². The number of hydrogen-bond acceptors (Lipinski definition) is 5. The van der Waals surface area contributed by atoms with E-state index in [1.807, 2.05) is 19.9 Å². The lowest BCUT2D eigenvalue weighted by Crippen LogP contribution is -2.38. The van der Waals surface area contributed by atoms with Gasteiger partial charge in [0.25, 0.3) is 11.8 Å². The maximum atomic E-state index is 13.3. The van der Waals surface area contributed by atoms with Crippen molar-refractivity contribution in [1.82, 2.24) is 10.2 Å². The fourth-order valence-electron chi connectivity index (χ4n) is 3.53. The van der Waals surface area contributed by atoms with Gasteiger partial charge in [0.05, 0.1) is 17.9 Å². The van der Waals surface area contributed by atoms with Crippen molar-refractivity contribution in [3.8, 4) is 5.75 Å². The summed E-state index contributed by atoms with van der Waals surface area (Å²) < 4.78 is 32.2. The summed E-state index contributed by atoms with van der Waals surface area (Å²) in [5, 5.41) is 15.6. The number of phenols is 1. The van der Waals surface area contributed by atoms with Crippen LogP contribution in [0, 0.1) is 11.6 Å². The lowest BCUT2D eigenvalue weighted by molar-refractivity contribution is 0.0926. The number of likely N-dealkylation sites (N-methyl/N-ethyl adjacent to an activating group) is 1. The number of nitrogens with one attached hydrogen (secondary N) is 2. The van der Waals surface area contributed by atoms with E-state index in [1.165, 1.54) is 18.2 Å². The summed E-state index contributed by atoms with van der Waals surface area (Å²) in [6.07, 6.45) is 1.57. The van der Waals surface area contributed by atoms with Gasteiger partial charge in [-0.2, -0.15) is 0 Å². The van der Waals surface area contributed by atoms with E-state index in [9.17, 15) is 23.5 Å². The van der Waals surface area contributed by atoms with Crippen molar-refractivity contribution in [2.45, 2.75) is 19.9 Å². The highest BCUT2D eigenvalue weighted by Gasteiger charge is 2.22. The van der Waals surface area contributed by atoms with Crippen LogP contribution in [-0.2, 0) is 0 Å². The molecule has 0 saturated heterocycles. The van der Waals surface area contributed by atoms with Crippen molar-refractivity contribution in [2.24, 2.45) is 0 Å². The molecule has 1 atom stereocenters. The zero-order valence-corrected chi connectivity index (χ0v) is 18.3. The number of benzene rings is 2. The number of carbonyl (C=O) groups is 2. The Morgan fingerprint density at radius 3 is 2.30 bits per heavy atom. The van der Waals surface area contributed by atoms with Crippen LogP contribution in [0.4, 0.5) is 14.5 Å². The quantitative estimate of drug-likeness (QED) is 0.445. The first-order valence-electron chi connectivity index (χ1n) is 10.5. The predicted octanol–water partition coefficient (Wildman–Crippen LogP) is 4.33. The van der Waals surface area contributed by atoms with Crippen LogP contribution in [0.2, 0.25) is 0 Å². The van der Waals surface area contributed by atoms with Crippen molar-refractivity contribution < 1.29 is 27.9 Å². The molecule has 0 aliphatic carbocycles. The van der Waals surface area contributed by atoms with Crippen LogP contribution in [0.5, 0.6) is 5.75 Å². The molecule has 9 heteroatoms. The Balaban J connectivity index is 1.68. The Hall–Kier alpha value is -3.72. The van der Waals surface area contributed by atoms with Crippen LogP contribution in [-0.4, -0.2) is 41.5 Å². The van der Waals surface area contributed by atoms with Crippen molar-refractivity contribution in [3.63, 3.8) is 0 Å². The van der Waals surface area contributed by atoms with Crippen molar-refractivity contribution >= 4 is 17.5 Å². The zero-order valence-electron chi connectivity index (χ0n) is 18.3. The van der Waals surface area contributed by atoms with E-state index in [0.29, 0.717) is 6.07 Å². The molecule has 0 fully saturated rings. The Morgan fingerprint density at radius 1 is 1.03 bits per heavy atom. The summed E-state index contributed by atoms with van der Waals surface area (Å²) in [6.45, 7) is 5.80. The molecule has 3 rings (SSSR count). The fourth-order valence-corrected chi connectivity index (χ4v) is 3.53. The van der Waals surface area contributed by atoms with E-state index in [-0.39, 0.29) is 35.2 Å². The van der Waals surface area contributed by atoms with Gasteiger partial charge in [0.15, 0.2) is 0 Å². The molecular weight excluding hydrogens is 432 g/mol. The van der Waals surface area contributed by atoms with Gasteiger partial charge < -0.3 is 20.2 Å². The molecule has 0 radical (unpaired) electrons. The fraction of sp³-hybridized carbons (Fsp3) is 0.250. The first kappa shape index (κ1) is 23.9. The summed E-state index contributed by atoms with van der Waals surface area (Å²) in [6, 6.07) is 9.86. The van der Waals surface area contributed by atoms with Gasteiger partial charge in [-0.05, 0) is 49.5 Å². The Kier molecular flexibility index (Phi) is 7.78. The number of amides is 2. The van der Waals surface area contributed by atoms with E-state index in [1.54, 1.807) is 12.3 Å². The average Bonchev–Trinajstić information content (AvgIpc) is 3.30. The third kappa shape index (κ3) is 5.95. The van der Waals surface area contributed by atoms with Gasteiger partial charge in [0.1, 0.15) is 23.1 Å². The van der Waals surface area contributed by atoms with Gasteiger partial charge in [0.2, 0.25) is 0 Å². The van der Waals surface area contributed by atoms with Crippen LogP contribution in [0.3, 0.4) is 0 Å². The molecule has 33 heavy (non-hydrogen) atoms. The Labute approximate surface area is 190 Å². The number of aromatic hydroxyl groups is 1. The second-order valence-corrected chi connectivity index (χ2v) is 7.31. The predicted molar refractivity (Wildman–Crippen MR) is 119 cm³/mol. The Morgan fingerprint density at radius 2 is 1.73 bits per heavy atom. The normalized spacial score (nSPS) is 11.9. The molecule has 3 aromatic rings. The number of phenolic OH excluding ortho intramolecular Hbond substituents is 1. The van der Waals surface area contributed by atoms with Gasteiger partial charge in [0, 0.05) is 29.9 Å². The van der Waals surface area contributed by atoms with Crippen LogP contribution in [0.25, 0.3) is 0 Å². The molecule has 1 heterocycles. The molecule has 2 amide bonds. The number of hydrogen-bond donors (Lipinski definition) is 3. The summed E-state index contributed by atoms with van der Waals surface area (Å²) >= 11 is 0. The van der Waals surface area contributed by atoms with E-state index in [2.05, 4.69) is 15.5 Å². The molecule has 7 nitrogen and oxygen atoms in total. The SMILES string of the molecule is CCN(CC)C(CNC(=O)c1ccc(NC(=O)c2cc(F)cc(F)c2)cc1O)c1ccco1. The monoisotopic (exact) mass is 457 g/mol. The average molecular weight is 457 g/mol. The van der Waals surface area contributed by atoms with Crippen molar-refractivity contribution in [1.29, 1.82) is 0 Å². The van der Waals surface area contributed by atoms with Crippen molar-refractivity contribution in [2.75, 3.05) is 25.0 Å². The number of carbonyl (C=O) groups excluding carboxylic acids is 2. The molecule has 1 aromatic heterocycles. The van der Waals surface area contributed by atoms with E-state index >= 15 is 0 Å². The molecular formula is C24H25F2N3O4. The highest BCUT2D eigenvalue weighted by Crippen LogP contribution is 2.24. The van der Waals surface area contributed by atoms with E-state index in [0.717, 1.165) is 31.0 Å². The molecule has 1 unspecified atom stereocenters. The molecule has 2 aromatic carbocycles. The minimum atomic E-state index is -0.882. The smallest absolute Gasteiger partial charge is 0.255 e. The lowest BCUT2D eigenvalue weighted by Gasteiger charge is -2.28. The molecule has 3 N–H and O–H groups in total. The summed E-state index contributed by atoms with van der Waals surface area (Å²) in [5.74, 6) is -2.66. The van der Waals surface area contributed by atoms with Crippen LogP contribution in [0.1, 0.15) is 46.4 Å². The first-order valence-corrected chi connectivity index (χ1v) is 10.5. The van der Waals surface area contributed by atoms with Crippen LogP contribution >= 0.6 is 0 Å². The van der Waals surface area contributed by atoms with Gasteiger partial charge in [-0.25, -0.2) is 8.78 Å². The highest BCUT2D eigenvalue weighted by molar-refractivity contribution is 6.05. The second kappa shape index (κ2) is 10.7. The van der Waals surface area contributed by atoms with Crippen LogP contribution in [0.15, 0.2) is 59.2 Å². The number of anilines is 1. The molecule has 174 valence electrons. The van der Waals surface area contributed by atoms with Crippen molar-refractivity contribution in [3.05, 3.63) is 83.3 Å². The zero-order chi connectivity index (χ0) is 24.0. The highest BCUT2D eigenvalue weighted by atomic mass is 19.1. The maximum Gasteiger partial charge on any atom is 0.255 e. The number of rotatable bonds is 9. The second-order valence-electron chi connectivity index (χ2n) is 7.31. The number of furan rings is 1. The van der Waals surface area contributed by atoms with Gasteiger partial charge in [-0.3, -0.25) is 14.5 Å². The molecule has 0 bridgehead atoms. The van der Waals surface area contributed by atoms with Gasteiger partial charge >= 0.3 is 0 Å². The topological polar surface area (TPSA) is 94.8 Å². The summed E-state index contributed by atoms with van der Waals surface area (Å²) in [5.41, 5.74) is -0.0351. The first-order chi connectivity index (χ1) is 15.8. The van der Waals surface area contributed by atoms with Gasteiger partial charge in [-0.15, -0.1) is 0 Å².